The molecule has 0 spiro atoms. The number of rotatable bonds is 7. The van der Waals surface area contributed by atoms with Crippen LogP contribution in [0, 0.1) is 11.8 Å². The van der Waals surface area contributed by atoms with Crippen molar-refractivity contribution in [1.82, 2.24) is 14.3 Å². The minimum atomic E-state index is -3.26. The van der Waals surface area contributed by atoms with Crippen LogP contribution in [-0.4, -0.2) is 56.4 Å². The van der Waals surface area contributed by atoms with Crippen LogP contribution in [0.4, 0.5) is 0 Å². The average Bonchev–Trinajstić information content (AvgIpc) is 3.17. The molecule has 3 aliphatic rings. The molecule has 2 N–H and O–H groups in total. The molecule has 3 rings (SSSR count). The van der Waals surface area contributed by atoms with Gasteiger partial charge in [-0.2, -0.15) is 24.5 Å². The van der Waals surface area contributed by atoms with Gasteiger partial charge < -0.3 is 5.32 Å². The summed E-state index contributed by atoms with van der Waals surface area (Å²) in [6.45, 7) is 3.02. The van der Waals surface area contributed by atoms with Gasteiger partial charge in [-0.05, 0) is 62.0 Å². The van der Waals surface area contributed by atoms with Gasteiger partial charge in [-0.15, -0.1) is 0 Å². The molecule has 122 valence electrons. The lowest BCUT2D eigenvalue weighted by molar-refractivity contribution is 0.264. The Morgan fingerprint density at radius 1 is 1.00 bits per heavy atom. The maximum Gasteiger partial charge on any atom is 0.279 e. The summed E-state index contributed by atoms with van der Waals surface area (Å²) in [4.78, 5) is 0. The van der Waals surface area contributed by atoms with E-state index < -0.39 is 10.2 Å². The Hall–Kier alpha value is 0.180. The van der Waals surface area contributed by atoms with Crippen LogP contribution in [0.5, 0.6) is 0 Å². The zero-order chi connectivity index (χ0) is 14.7. The third-order valence-corrected chi connectivity index (χ3v) is 7.57. The second-order valence-corrected chi connectivity index (χ2v) is 9.51. The Labute approximate surface area is 132 Å². The fraction of sp³-hybridized carbons (Fsp3) is 1.00. The monoisotopic (exact) mass is 333 g/mol. The Balaban J connectivity index is 1.39. The van der Waals surface area contributed by atoms with Crippen molar-refractivity contribution in [3.05, 3.63) is 0 Å². The quantitative estimate of drug-likeness (QED) is 0.731. The van der Waals surface area contributed by atoms with Crippen molar-refractivity contribution in [3.8, 4) is 0 Å². The fourth-order valence-electron chi connectivity index (χ4n) is 3.03. The van der Waals surface area contributed by atoms with Gasteiger partial charge in [-0.3, -0.25) is 0 Å². The van der Waals surface area contributed by atoms with Crippen molar-refractivity contribution in [3.63, 3.8) is 0 Å². The minimum Gasteiger partial charge on any atom is -0.314 e. The SMILES string of the molecule is O=S(=O)(NCC1CCSC1)N1CCC(CNC2CC2)CC1. The molecular weight excluding hydrogens is 306 g/mol. The molecule has 2 aliphatic heterocycles. The predicted molar refractivity (Wildman–Crippen MR) is 87.7 cm³/mol. The zero-order valence-electron chi connectivity index (χ0n) is 12.6. The second-order valence-electron chi connectivity index (χ2n) is 6.61. The highest BCUT2D eigenvalue weighted by Gasteiger charge is 2.29. The first-order valence-corrected chi connectivity index (χ1v) is 10.8. The summed E-state index contributed by atoms with van der Waals surface area (Å²) in [5, 5.41) is 3.56. The number of nitrogens with zero attached hydrogens (tertiary/aromatic N) is 1. The van der Waals surface area contributed by atoms with Crippen molar-refractivity contribution in [1.29, 1.82) is 0 Å². The molecule has 21 heavy (non-hydrogen) atoms. The van der Waals surface area contributed by atoms with Gasteiger partial charge in [0, 0.05) is 25.7 Å². The van der Waals surface area contributed by atoms with E-state index in [0.717, 1.165) is 37.6 Å². The van der Waals surface area contributed by atoms with Crippen molar-refractivity contribution in [2.24, 2.45) is 11.8 Å². The first-order chi connectivity index (χ1) is 10.1. The van der Waals surface area contributed by atoms with Gasteiger partial charge in [0.15, 0.2) is 0 Å². The summed E-state index contributed by atoms with van der Waals surface area (Å²) >= 11 is 1.93. The smallest absolute Gasteiger partial charge is 0.279 e. The molecule has 0 aromatic carbocycles. The molecule has 0 radical (unpaired) electrons. The zero-order valence-corrected chi connectivity index (χ0v) is 14.2. The minimum absolute atomic E-state index is 0.519. The molecule has 1 saturated carbocycles. The van der Waals surface area contributed by atoms with Crippen molar-refractivity contribution >= 4 is 22.0 Å². The molecule has 0 aromatic heterocycles. The molecule has 1 unspecified atom stereocenters. The maximum atomic E-state index is 12.3. The van der Waals surface area contributed by atoms with Crippen LogP contribution in [0.1, 0.15) is 32.1 Å². The molecule has 0 aromatic rings. The lowest BCUT2D eigenvalue weighted by Gasteiger charge is -2.31. The number of piperidine rings is 1. The van der Waals surface area contributed by atoms with Gasteiger partial charge >= 0.3 is 0 Å². The molecule has 2 saturated heterocycles. The average molecular weight is 334 g/mol. The van der Waals surface area contributed by atoms with E-state index >= 15 is 0 Å². The third-order valence-electron chi connectivity index (χ3n) is 4.76. The molecule has 5 nitrogen and oxygen atoms in total. The lowest BCUT2D eigenvalue weighted by atomic mass is 9.98. The topological polar surface area (TPSA) is 61.4 Å². The van der Waals surface area contributed by atoms with E-state index in [2.05, 4.69) is 10.0 Å². The van der Waals surface area contributed by atoms with Crippen LogP contribution in [0.3, 0.4) is 0 Å². The molecule has 0 amide bonds. The van der Waals surface area contributed by atoms with Gasteiger partial charge in [0.05, 0.1) is 0 Å². The van der Waals surface area contributed by atoms with E-state index in [9.17, 15) is 8.42 Å². The largest absolute Gasteiger partial charge is 0.314 e. The van der Waals surface area contributed by atoms with Crippen LogP contribution in [0.25, 0.3) is 0 Å². The standard InChI is InChI=1S/C14H27N3O2S2/c18-21(19,16-10-13-5-8-20-11-13)17-6-3-12(4-7-17)9-15-14-1-2-14/h12-16H,1-11H2. The normalized spacial score (nSPS) is 29.0. The van der Waals surface area contributed by atoms with Crippen molar-refractivity contribution in [2.75, 3.05) is 37.7 Å². The Kier molecular flexibility index (Phi) is 5.48. The van der Waals surface area contributed by atoms with Crippen molar-refractivity contribution in [2.45, 2.75) is 38.1 Å². The molecule has 3 fully saturated rings. The Morgan fingerprint density at radius 3 is 2.38 bits per heavy atom. The highest BCUT2D eigenvalue weighted by Crippen LogP contribution is 2.24. The third kappa shape index (κ3) is 4.82. The van der Waals surface area contributed by atoms with Gasteiger partial charge in [-0.25, -0.2) is 4.72 Å². The van der Waals surface area contributed by atoms with Gasteiger partial charge in [0.1, 0.15) is 0 Å². The molecular formula is C14H27N3O2S2. The van der Waals surface area contributed by atoms with Gasteiger partial charge in [0.2, 0.25) is 0 Å². The molecule has 0 bridgehead atoms. The van der Waals surface area contributed by atoms with E-state index in [1.165, 1.54) is 18.6 Å². The van der Waals surface area contributed by atoms with Gasteiger partial charge in [-0.1, -0.05) is 0 Å². The van der Waals surface area contributed by atoms with Crippen LogP contribution in [-0.2, 0) is 10.2 Å². The van der Waals surface area contributed by atoms with Crippen molar-refractivity contribution < 1.29 is 8.42 Å². The number of hydrogen-bond donors (Lipinski definition) is 2. The summed E-state index contributed by atoms with van der Waals surface area (Å²) in [6, 6.07) is 0.748. The van der Waals surface area contributed by atoms with E-state index in [1.807, 2.05) is 11.8 Å². The maximum absolute atomic E-state index is 12.3. The van der Waals surface area contributed by atoms with Crippen LogP contribution < -0.4 is 10.0 Å². The fourth-order valence-corrected chi connectivity index (χ4v) is 5.64. The van der Waals surface area contributed by atoms with Crippen LogP contribution in [0.2, 0.25) is 0 Å². The molecule has 1 atom stereocenters. The predicted octanol–water partition coefficient (Wildman–Crippen LogP) is 1.04. The molecule has 2 heterocycles. The Bertz CT molecular complexity index is 426. The summed E-state index contributed by atoms with van der Waals surface area (Å²) in [5.74, 6) is 3.43. The Morgan fingerprint density at radius 2 is 1.76 bits per heavy atom. The number of hydrogen-bond acceptors (Lipinski definition) is 4. The molecule has 7 heteroatoms. The highest BCUT2D eigenvalue weighted by atomic mass is 32.2. The summed E-state index contributed by atoms with van der Waals surface area (Å²) in [5.41, 5.74) is 0. The summed E-state index contributed by atoms with van der Waals surface area (Å²) < 4.78 is 29.1. The second kappa shape index (κ2) is 7.17. The summed E-state index contributed by atoms with van der Waals surface area (Å²) in [7, 11) is -3.26. The van der Waals surface area contributed by atoms with E-state index in [0.29, 0.717) is 31.5 Å². The van der Waals surface area contributed by atoms with E-state index in [1.54, 1.807) is 4.31 Å². The first kappa shape index (κ1) is 16.1. The number of nitrogens with one attached hydrogen (secondary N) is 2. The number of thioether (sulfide) groups is 1. The van der Waals surface area contributed by atoms with E-state index in [-0.39, 0.29) is 0 Å². The van der Waals surface area contributed by atoms with Crippen LogP contribution >= 0.6 is 11.8 Å². The highest BCUT2D eigenvalue weighted by molar-refractivity contribution is 7.99. The first-order valence-electron chi connectivity index (χ1n) is 8.19. The molecule has 1 aliphatic carbocycles. The summed E-state index contributed by atoms with van der Waals surface area (Å²) in [6.07, 6.45) is 5.75. The van der Waals surface area contributed by atoms with E-state index in [4.69, 9.17) is 0 Å². The van der Waals surface area contributed by atoms with Gasteiger partial charge in [0.25, 0.3) is 10.2 Å². The van der Waals surface area contributed by atoms with Crippen LogP contribution in [0.15, 0.2) is 0 Å². The lowest BCUT2D eigenvalue weighted by Crippen LogP contribution is -2.47.